The Bertz CT molecular complexity index is 814. The summed E-state index contributed by atoms with van der Waals surface area (Å²) in [6.07, 6.45) is 2.25. The van der Waals surface area contributed by atoms with Crippen molar-refractivity contribution < 1.29 is 14.6 Å². The van der Waals surface area contributed by atoms with Crippen LogP contribution < -0.4 is 10.2 Å². The fraction of sp³-hybridized carbons (Fsp3) is 0.381. The molecule has 0 aromatic heterocycles. The van der Waals surface area contributed by atoms with Gasteiger partial charge in [0.25, 0.3) is 11.6 Å². The molecule has 1 unspecified atom stereocenters. The number of nitro benzene ring substituents is 1. The largest absolute Gasteiger partial charge is 0.321 e. The normalized spacial score (nSPS) is 14.8. The van der Waals surface area contributed by atoms with Gasteiger partial charge in [-0.25, -0.2) is 0 Å². The highest BCUT2D eigenvalue weighted by atomic mass is 16.6. The standard InChI is InChI=1S/C21H25N3O3/c1-15(2)17-9-7-16(8-10-17)13-23(18-11-12-18)14-21(25)22-19-5-3-4-6-20(19)24(26)27/h3-10,15,18H,11-14H2,1-2H3,(H,22,25)/p+1. The van der Waals surface area contributed by atoms with Crippen molar-refractivity contribution in [3.63, 3.8) is 0 Å². The quantitative estimate of drug-likeness (QED) is 0.556. The molecule has 0 heterocycles. The van der Waals surface area contributed by atoms with Gasteiger partial charge in [-0.05, 0) is 17.5 Å². The van der Waals surface area contributed by atoms with Crippen molar-refractivity contribution in [3.05, 3.63) is 69.8 Å². The van der Waals surface area contributed by atoms with E-state index >= 15 is 0 Å². The molecule has 2 aromatic carbocycles. The number of amides is 1. The van der Waals surface area contributed by atoms with Crippen molar-refractivity contribution in [3.8, 4) is 0 Å². The average Bonchev–Trinajstić information content (AvgIpc) is 3.47. The second kappa shape index (κ2) is 8.31. The molecule has 27 heavy (non-hydrogen) atoms. The molecule has 0 aliphatic heterocycles. The monoisotopic (exact) mass is 368 g/mol. The van der Waals surface area contributed by atoms with E-state index in [0.717, 1.165) is 19.4 Å². The lowest BCUT2D eigenvalue weighted by atomic mass is 10.0. The van der Waals surface area contributed by atoms with Crippen LogP contribution in [0.5, 0.6) is 0 Å². The number of hydrogen-bond acceptors (Lipinski definition) is 3. The maximum absolute atomic E-state index is 12.5. The van der Waals surface area contributed by atoms with E-state index < -0.39 is 4.92 Å². The fourth-order valence-corrected chi connectivity index (χ4v) is 3.26. The molecule has 1 fully saturated rings. The second-order valence-corrected chi connectivity index (χ2v) is 7.50. The van der Waals surface area contributed by atoms with Crippen molar-refractivity contribution >= 4 is 17.3 Å². The van der Waals surface area contributed by atoms with E-state index in [9.17, 15) is 14.9 Å². The highest BCUT2D eigenvalue weighted by molar-refractivity contribution is 5.93. The molecule has 0 radical (unpaired) electrons. The van der Waals surface area contributed by atoms with Crippen LogP contribution in [-0.2, 0) is 11.3 Å². The van der Waals surface area contributed by atoms with E-state index in [-0.39, 0.29) is 17.3 Å². The van der Waals surface area contributed by atoms with Gasteiger partial charge in [-0.3, -0.25) is 14.9 Å². The lowest BCUT2D eigenvalue weighted by Crippen LogP contribution is -3.13. The van der Waals surface area contributed by atoms with Gasteiger partial charge in [0.05, 0.1) is 11.0 Å². The first-order valence-electron chi connectivity index (χ1n) is 9.40. The number of carbonyl (C=O) groups is 1. The van der Waals surface area contributed by atoms with E-state index in [4.69, 9.17) is 0 Å². The third-order valence-corrected chi connectivity index (χ3v) is 4.99. The van der Waals surface area contributed by atoms with Gasteiger partial charge in [-0.15, -0.1) is 0 Å². The second-order valence-electron chi connectivity index (χ2n) is 7.50. The Morgan fingerprint density at radius 3 is 2.44 bits per heavy atom. The number of nitrogens with zero attached hydrogens (tertiary/aromatic N) is 1. The summed E-state index contributed by atoms with van der Waals surface area (Å²) < 4.78 is 0. The van der Waals surface area contributed by atoms with Gasteiger partial charge >= 0.3 is 0 Å². The van der Waals surface area contributed by atoms with Crippen molar-refractivity contribution in [2.45, 2.75) is 45.2 Å². The number of carbonyl (C=O) groups excluding carboxylic acids is 1. The number of hydrogen-bond donors (Lipinski definition) is 2. The molecule has 0 bridgehead atoms. The van der Waals surface area contributed by atoms with Gasteiger partial charge in [-0.2, -0.15) is 0 Å². The molecule has 0 spiro atoms. The highest BCUT2D eigenvalue weighted by Crippen LogP contribution is 2.23. The van der Waals surface area contributed by atoms with Crippen LogP contribution in [0.1, 0.15) is 43.7 Å². The third kappa shape index (κ3) is 5.14. The van der Waals surface area contributed by atoms with E-state index in [1.165, 1.54) is 22.1 Å². The zero-order chi connectivity index (χ0) is 19.4. The van der Waals surface area contributed by atoms with Gasteiger partial charge in [0.1, 0.15) is 12.2 Å². The highest BCUT2D eigenvalue weighted by Gasteiger charge is 2.34. The Kier molecular flexibility index (Phi) is 5.86. The lowest BCUT2D eigenvalue weighted by molar-refractivity contribution is -0.916. The van der Waals surface area contributed by atoms with Crippen LogP contribution in [0.2, 0.25) is 0 Å². The molecule has 6 heteroatoms. The first-order chi connectivity index (χ1) is 12.9. The number of rotatable bonds is 8. The van der Waals surface area contributed by atoms with Gasteiger partial charge in [-0.1, -0.05) is 50.2 Å². The van der Waals surface area contributed by atoms with Crippen LogP contribution in [0.3, 0.4) is 0 Å². The molecular weight excluding hydrogens is 342 g/mol. The smallest absolute Gasteiger partial charge is 0.292 e. The van der Waals surface area contributed by atoms with Gasteiger partial charge in [0.2, 0.25) is 0 Å². The summed E-state index contributed by atoms with van der Waals surface area (Å²) in [6, 6.07) is 15.3. The number of nitro groups is 1. The summed E-state index contributed by atoms with van der Waals surface area (Å²) in [5.41, 5.74) is 2.69. The van der Waals surface area contributed by atoms with Gasteiger partial charge < -0.3 is 10.2 Å². The zero-order valence-corrected chi connectivity index (χ0v) is 15.8. The molecule has 2 aromatic rings. The van der Waals surface area contributed by atoms with E-state index in [1.807, 2.05) is 0 Å². The lowest BCUT2D eigenvalue weighted by Gasteiger charge is -2.19. The Balaban J connectivity index is 1.64. The molecule has 142 valence electrons. The summed E-state index contributed by atoms with van der Waals surface area (Å²) in [6.45, 7) is 5.43. The minimum atomic E-state index is -0.475. The number of benzene rings is 2. The van der Waals surface area contributed by atoms with Crippen LogP contribution in [0.15, 0.2) is 48.5 Å². The van der Waals surface area contributed by atoms with Crippen molar-refractivity contribution in [2.75, 3.05) is 11.9 Å². The van der Waals surface area contributed by atoms with E-state index in [1.54, 1.807) is 18.2 Å². The Morgan fingerprint density at radius 2 is 1.85 bits per heavy atom. The summed E-state index contributed by atoms with van der Waals surface area (Å²) in [5.74, 6) is 0.309. The summed E-state index contributed by atoms with van der Waals surface area (Å²) in [4.78, 5) is 24.4. The van der Waals surface area contributed by atoms with Crippen molar-refractivity contribution in [1.82, 2.24) is 0 Å². The first-order valence-corrected chi connectivity index (χ1v) is 9.40. The Labute approximate surface area is 159 Å². The molecule has 1 aliphatic rings. The van der Waals surface area contributed by atoms with Crippen molar-refractivity contribution in [2.24, 2.45) is 0 Å². The molecule has 2 N–H and O–H groups in total. The molecular formula is C21H26N3O3+. The van der Waals surface area contributed by atoms with E-state index in [2.05, 4.69) is 43.4 Å². The van der Waals surface area contributed by atoms with Crippen molar-refractivity contribution in [1.29, 1.82) is 0 Å². The third-order valence-electron chi connectivity index (χ3n) is 4.99. The van der Waals surface area contributed by atoms with Crippen LogP contribution in [-0.4, -0.2) is 23.4 Å². The van der Waals surface area contributed by atoms with Crippen LogP contribution in [0.4, 0.5) is 11.4 Å². The molecule has 0 saturated heterocycles. The van der Waals surface area contributed by atoms with Crippen LogP contribution >= 0.6 is 0 Å². The molecule has 6 nitrogen and oxygen atoms in total. The topological polar surface area (TPSA) is 76.7 Å². The maximum atomic E-state index is 12.5. The number of nitrogens with one attached hydrogen (secondary N) is 2. The van der Waals surface area contributed by atoms with Crippen LogP contribution in [0.25, 0.3) is 0 Å². The number of para-hydroxylation sites is 2. The maximum Gasteiger partial charge on any atom is 0.292 e. The number of anilines is 1. The average molecular weight is 368 g/mol. The fourth-order valence-electron chi connectivity index (χ4n) is 3.26. The SMILES string of the molecule is CC(C)c1ccc(C[NH+](CC(=O)Nc2ccccc2[N+](=O)[O-])C2CC2)cc1. The molecule has 1 amide bonds. The molecule has 1 aliphatic carbocycles. The minimum Gasteiger partial charge on any atom is -0.321 e. The number of quaternary nitrogens is 1. The zero-order valence-electron chi connectivity index (χ0n) is 15.8. The predicted octanol–water partition coefficient (Wildman–Crippen LogP) is 2.90. The first kappa shape index (κ1) is 19.0. The Hall–Kier alpha value is -2.73. The van der Waals surface area contributed by atoms with Gasteiger partial charge in [0, 0.05) is 24.5 Å². The summed E-state index contributed by atoms with van der Waals surface area (Å²) in [5, 5.41) is 13.8. The van der Waals surface area contributed by atoms with E-state index in [0.29, 0.717) is 18.5 Å². The molecule has 3 rings (SSSR count). The molecule has 1 saturated carbocycles. The predicted molar refractivity (Wildman–Crippen MR) is 105 cm³/mol. The molecule has 1 atom stereocenters. The minimum absolute atomic E-state index is 0.0805. The van der Waals surface area contributed by atoms with Gasteiger partial charge in [0.15, 0.2) is 6.54 Å². The van der Waals surface area contributed by atoms with Crippen LogP contribution in [0, 0.1) is 10.1 Å². The Morgan fingerprint density at radius 1 is 1.19 bits per heavy atom. The summed E-state index contributed by atoms with van der Waals surface area (Å²) >= 11 is 0. The summed E-state index contributed by atoms with van der Waals surface area (Å²) in [7, 11) is 0.